The molecule has 0 amide bonds. The van der Waals surface area contributed by atoms with Crippen molar-refractivity contribution < 1.29 is 9.53 Å². The number of hydrogen-bond donors (Lipinski definition) is 1. The molecule has 4 heteroatoms. The van der Waals surface area contributed by atoms with Gasteiger partial charge in [-0.25, -0.2) is 0 Å². The number of carbonyl (C=O) groups is 1. The number of esters is 1. The first-order chi connectivity index (χ1) is 12.7. The van der Waals surface area contributed by atoms with Crippen LogP contribution in [0.25, 0.3) is 0 Å². The number of cyclic esters (lactones) is 1. The number of nitrogens with one attached hydrogen (secondary N) is 1. The fourth-order valence-corrected chi connectivity index (χ4v) is 6.35. The van der Waals surface area contributed by atoms with Gasteiger partial charge in [-0.15, -0.1) is 0 Å². The summed E-state index contributed by atoms with van der Waals surface area (Å²) in [6.07, 6.45) is 5.63. The van der Waals surface area contributed by atoms with Crippen LogP contribution in [0.2, 0.25) is 0 Å². The van der Waals surface area contributed by atoms with Gasteiger partial charge in [-0.3, -0.25) is 9.79 Å². The van der Waals surface area contributed by atoms with Gasteiger partial charge in [0, 0.05) is 30.0 Å². The maximum Gasteiger partial charge on any atom is 0.309 e. The lowest BCUT2D eigenvalue weighted by Crippen LogP contribution is -2.50. The van der Waals surface area contributed by atoms with Crippen molar-refractivity contribution in [3.8, 4) is 0 Å². The summed E-state index contributed by atoms with van der Waals surface area (Å²) < 4.78 is 5.72. The van der Waals surface area contributed by atoms with E-state index in [4.69, 9.17) is 9.73 Å². The summed E-state index contributed by atoms with van der Waals surface area (Å²) in [6, 6.07) is 9.08. The zero-order chi connectivity index (χ0) is 17.8. The van der Waals surface area contributed by atoms with E-state index >= 15 is 0 Å². The molecule has 138 valence electrons. The van der Waals surface area contributed by atoms with Crippen LogP contribution in [0, 0.1) is 29.6 Å². The van der Waals surface area contributed by atoms with E-state index in [0.717, 1.165) is 18.5 Å². The second-order valence-electron chi connectivity index (χ2n) is 8.72. The average Bonchev–Trinajstić information content (AvgIpc) is 3.20. The van der Waals surface area contributed by atoms with Gasteiger partial charge < -0.3 is 10.1 Å². The van der Waals surface area contributed by atoms with Crippen LogP contribution in [0.5, 0.6) is 0 Å². The van der Waals surface area contributed by atoms with Gasteiger partial charge in [0.15, 0.2) is 0 Å². The molecule has 1 aromatic carbocycles. The largest absolute Gasteiger partial charge is 0.462 e. The minimum atomic E-state index is 0.0203. The Hall–Kier alpha value is -1.68. The lowest BCUT2D eigenvalue weighted by atomic mass is 9.55. The Kier molecular flexibility index (Phi) is 3.93. The summed E-state index contributed by atoms with van der Waals surface area (Å²) in [4.78, 5) is 17.6. The second-order valence-corrected chi connectivity index (χ2v) is 8.72. The molecule has 7 atom stereocenters. The Morgan fingerprint density at radius 1 is 1.19 bits per heavy atom. The molecule has 2 aliphatic heterocycles. The lowest BCUT2D eigenvalue weighted by molar-refractivity contribution is -0.144. The van der Waals surface area contributed by atoms with E-state index in [-0.39, 0.29) is 18.0 Å². The highest BCUT2D eigenvalue weighted by Crippen LogP contribution is 2.54. The van der Waals surface area contributed by atoms with E-state index in [1.807, 2.05) is 0 Å². The zero-order valence-corrected chi connectivity index (χ0v) is 15.7. The Balaban J connectivity index is 1.52. The molecule has 0 unspecified atom stereocenters. The third-order valence-electron chi connectivity index (χ3n) is 7.51. The van der Waals surface area contributed by atoms with E-state index in [9.17, 15) is 4.79 Å². The summed E-state index contributed by atoms with van der Waals surface area (Å²) >= 11 is 0. The van der Waals surface area contributed by atoms with E-state index in [0.29, 0.717) is 29.7 Å². The highest BCUT2D eigenvalue weighted by Gasteiger charge is 2.56. The van der Waals surface area contributed by atoms with Gasteiger partial charge in [0.25, 0.3) is 0 Å². The number of aliphatic imine (C=N–C) groups is 1. The monoisotopic (exact) mass is 352 g/mol. The maximum absolute atomic E-state index is 12.5. The Morgan fingerprint density at radius 2 is 2.04 bits per heavy atom. The quantitative estimate of drug-likeness (QED) is 0.829. The van der Waals surface area contributed by atoms with Crippen molar-refractivity contribution in [1.82, 2.24) is 5.32 Å². The summed E-state index contributed by atoms with van der Waals surface area (Å²) in [7, 11) is 2.07. The first-order valence-corrected chi connectivity index (χ1v) is 10.2. The molecule has 0 radical (unpaired) electrons. The highest BCUT2D eigenvalue weighted by molar-refractivity contribution is 5.97. The number of ether oxygens (including phenoxy) is 1. The molecule has 4 nitrogen and oxygen atoms in total. The van der Waals surface area contributed by atoms with Crippen LogP contribution in [-0.4, -0.2) is 30.9 Å². The summed E-state index contributed by atoms with van der Waals surface area (Å²) in [5.74, 6) is 2.06. The molecule has 1 saturated heterocycles. The standard InChI is InChI=1S/C22H28N2O2/c1-12-20-17(22(25)26-12)10-14-9-15(23-2)7-8-16(14)21(20)19-11-13-5-3-4-6-18(13)24-19/h3-6,12,14-17,20-21,23H,7-11H2,1-2H3/t12-,14+,15-,16-,17-,20-,21-/m1/s1. The molecule has 5 rings (SSSR count). The first kappa shape index (κ1) is 16.5. The van der Waals surface area contributed by atoms with Gasteiger partial charge in [0.2, 0.25) is 0 Å². The Morgan fingerprint density at radius 3 is 2.85 bits per heavy atom. The van der Waals surface area contributed by atoms with Gasteiger partial charge in [-0.2, -0.15) is 0 Å². The Bertz CT molecular complexity index is 758. The molecular weight excluding hydrogens is 324 g/mol. The highest BCUT2D eigenvalue weighted by atomic mass is 16.6. The summed E-state index contributed by atoms with van der Waals surface area (Å²) in [5.41, 5.74) is 3.77. The number of rotatable bonds is 2. The van der Waals surface area contributed by atoms with Crippen molar-refractivity contribution in [3.63, 3.8) is 0 Å². The van der Waals surface area contributed by atoms with Gasteiger partial charge >= 0.3 is 5.97 Å². The molecule has 2 heterocycles. The van der Waals surface area contributed by atoms with Crippen LogP contribution < -0.4 is 5.32 Å². The lowest BCUT2D eigenvalue weighted by Gasteiger charge is -2.48. The van der Waals surface area contributed by atoms with Gasteiger partial charge in [-0.1, -0.05) is 18.2 Å². The molecule has 1 N–H and O–H groups in total. The number of benzene rings is 1. The van der Waals surface area contributed by atoms with Crippen molar-refractivity contribution in [2.75, 3.05) is 7.05 Å². The summed E-state index contributed by atoms with van der Waals surface area (Å²) in [6.45, 7) is 2.10. The van der Waals surface area contributed by atoms with Crippen LogP contribution in [0.4, 0.5) is 5.69 Å². The van der Waals surface area contributed by atoms with Crippen molar-refractivity contribution in [2.45, 2.75) is 51.2 Å². The Labute approximate surface area is 155 Å². The summed E-state index contributed by atoms with van der Waals surface area (Å²) in [5, 5.41) is 3.47. The molecule has 26 heavy (non-hydrogen) atoms. The number of carbonyl (C=O) groups excluding carboxylic acids is 1. The van der Waals surface area contributed by atoms with Crippen molar-refractivity contribution >= 4 is 17.4 Å². The predicted octanol–water partition coefficient (Wildman–Crippen LogP) is 3.52. The molecule has 2 saturated carbocycles. The van der Waals surface area contributed by atoms with Crippen LogP contribution in [-0.2, 0) is 16.0 Å². The predicted molar refractivity (Wildman–Crippen MR) is 102 cm³/mol. The van der Waals surface area contributed by atoms with Gasteiger partial charge in [-0.05, 0) is 63.1 Å². The fraction of sp³-hybridized carbons (Fsp3) is 0.636. The van der Waals surface area contributed by atoms with E-state index in [1.54, 1.807) is 0 Å². The zero-order valence-electron chi connectivity index (χ0n) is 15.7. The van der Waals surface area contributed by atoms with Crippen LogP contribution in [0.1, 0.15) is 38.2 Å². The smallest absolute Gasteiger partial charge is 0.309 e. The first-order valence-electron chi connectivity index (χ1n) is 10.2. The minimum Gasteiger partial charge on any atom is -0.462 e. The number of nitrogens with zero attached hydrogens (tertiary/aromatic N) is 1. The van der Waals surface area contributed by atoms with E-state index < -0.39 is 0 Å². The number of hydrogen-bond acceptors (Lipinski definition) is 4. The van der Waals surface area contributed by atoms with E-state index in [2.05, 4.69) is 43.6 Å². The molecular formula is C22H28N2O2. The number of fused-ring (bicyclic) bond motifs is 3. The van der Waals surface area contributed by atoms with Crippen LogP contribution in [0.15, 0.2) is 29.3 Å². The van der Waals surface area contributed by atoms with Crippen LogP contribution >= 0.6 is 0 Å². The van der Waals surface area contributed by atoms with Gasteiger partial charge in [0.05, 0.1) is 11.6 Å². The molecule has 2 aliphatic carbocycles. The number of para-hydroxylation sites is 1. The van der Waals surface area contributed by atoms with Crippen molar-refractivity contribution in [2.24, 2.45) is 34.6 Å². The topological polar surface area (TPSA) is 50.7 Å². The molecule has 0 spiro atoms. The molecule has 4 aliphatic rings. The second kappa shape index (κ2) is 6.19. The third-order valence-corrected chi connectivity index (χ3v) is 7.51. The molecule has 1 aromatic rings. The van der Waals surface area contributed by atoms with Crippen molar-refractivity contribution in [3.05, 3.63) is 29.8 Å². The average molecular weight is 352 g/mol. The van der Waals surface area contributed by atoms with Gasteiger partial charge in [0.1, 0.15) is 6.10 Å². The molecule has 0 aromatic heterocycles. The normalized spacial score (nSPS) is 41.1. The molecule has 3 fully saturated rings. The third kappa shape index (κ3) is 2.45. The maximum atomic E-state index is 12.5. The SMILES string of the molecule is CN[C@@H]1CC[C@@H]2[C@@H](C1)C[C@H]1C(=O)O[C@H](C)[C@H]1[C@H]2C1=Nc2ccccc2C1. The van der Waals surface area contributed by atoms with Crippen LogP contribution in [0.3, 0.4) is 0 Å². The fourth-order valence-electron chi connectivity index (χ4n) is 6.35. The van der Waals surface area contributed by atoms with Crippen molar-refractivity contribution in [1.29, 1.82) is 0 Å². The molecule has 0 bridgehead atoms. The minimum absolute atomic E-state index is 0.0203. The van der Waals surface area contributed by atoms with E-state index in [1.165, 1.54) is 30.5 Å².